The van der Waals surface area contributed by atoms with Crippen LogP contribution in [0.2, 0.25) is 0 Å². The fraction of sp³-hybridized carbons (Fsp3) is 0.455. The van der Waals surface area contributed by atoms with Crippen LogP contribution >= 0.6 is 15.9 Å². The zero-order chi connectivity index (χ0) is 12.4. The van der Waals surface area contributed by atoms with E-state index in [9.17, 15) is 15.2 Å². The van der Waals surface area contributed by atoms with E-state index in [1.807, 2.05) is 0 Å². The van der Waals surface area contributed by atoms with Crippen LogP contribution in [-0.2, 0) is 0 Å². The fourth-order valence-electron chi connectivity index (χ4n) is 1.90. The van der Waals surface area contributed by atoms with Crippen molar-refractivity contribution in [3.05, 3.63) is 32.8 Å². The Kier molecular flexibility index (Phi) is 3.63. The van der Waals surface area contributed by atoms with E-state index in [1.54, 1.807) is 6.07 Å². The van der Waals surface area contributed by atoms with Crippen molar-refractivity contribution in [1.82, 2.24) is 0 Å². The molecule has 0 amide bonds. The Balaban J connectivity index is 2.19. The molecule has 92 valence electrons. The van der Waals surface area contributed by atoms with E-state index < -0.39 is 11.0 Å². The molecule has 1 aromatic carbocycles. The lowest BCUT2D eigenvalue weighted by molar-refractivity contribution is -0.385. The van der Waals surface area contributed by atoms with Crippen LogP contribution in [0.25, 0.3) is 0 Å². The van der Waals surface area contributed by atoms with Crippen molar-refractivity contribution in [2.45, 2.75) is 31.5 Å². The zero-order valence-corrected chi connectivity index (χ0v) is 10.6. The maximum absolute atomic E-state index is 10.7. The van der Waals surface area contributed by atoms with Crippen molar-refractivity contribution in [2.24, 2.45) is 0 Å². The van der Waals surface area contributed by atoms with Crippen molar-refractivity contribution in [3.63, 3.8) is 0 Å². The summed E-state index contributed by atoms with van der Waals surface area (Å²) in [7, 11) is 0. The molecule has 0 aromatic heterocycles. The topological polar surface area (TPSA) is 72.6 Å². The molecule has 0 saturated heterocycles. The average Bonchev–Trinajstić information content (AvgIpc) is 2.67. The molecule has 1 N–H and O–H groups in total. The lowest BCUT2D eigenvalue weighted by Gasteiger charge is -2.17. The van der Waals surface area contributed by atoms with E-state index in [1.165, 1.54) is 12.1 Å². The van der Waals surface area contributed by atoms with Gasteiger partial charge in [-0.25, -0.2) is 0 Å². The number of nitro groups is 1. The minimum atomic E-state index is -0.485. The monoisotopic (exact) mass is 301 g/mol. The molecule has 1 aliphatic rings. The number of halogens is 1. The third-order valence-electron chi connectivity index (χ3n) is 2.82. The fourth-order valence-corrected chi connectivity index (χ4v) is 2.24. The maximum Gasteiger partial charge on any atom is 0.273 e. The highest BCUT2D eigenvalue weighted by Crippen LogP contribution is 2.32. The molecule has 1 aromatic rings. The van der Waals surface area contributed by atoms with Crippen molar-refractivity contribution in [3.8, 4) is 5.75 Å². The molecule has 0 aliphatic heterocycles. The summed E-state index contributed by atoms with van der Waals surface area (Å²) in [5.74, 6) is 0.408. The number of benzene rings is 1. The van der Waals surface area contributed by atoms with Crippen molar-refractivity contribution >= 4 is 21.6 Å². The van der Waals surface area contributed by atoms with Gasteiger partial charge in [-0.3, -0.25) is 10.1 Å². The van der Waals surface area contributed by atoms with Gasteiger partial charge in [0.2, 0.25) is 0 Å². The molecule has 0 radical (unpaired) electrons. The number of aliphatic hydroxyl groups is 1. The number of nitro benzene ring substituents is 1. The normalized spacial score (nSPS) is 23.6. The number of non-ortho nitro benzene ring substituents is 1. The smallest absolute Gasteiger partial charge is 0.273 e. The van der Waals surface area contributed by atoms with Crippen LogP contribution < -0.4 is 4.74 Å². The molecular weight excluding hydrogens is 290 g/mol. The highest BCUT2D eigenvalue weighted by Gasteiger charge is 2.27. The van der Waals surface area contributed by atoms with E-state index in [0.29, 0.717) is 10.2 Å². The number of nitrogens with zero attached hydrogens (tertiary/aromatic N) is 1. The van der Waals surface area contributed by atoms with Gasteiger partial charge in [0.05, 0.1) is 21.6 Å². The van der Waals surface area contributed by atoms with E-state index >= 15 is 0 Å². The van der Waals surface area contributed by atoms with Gasteiger partial charge in [0.15, 0.2) is 0 Å². The summed E-state index contributed by atoms with van der Waals surface area (Å²) in [4.78, 5) is 10.2. The lowest BCUT2D eigenvalue weighted by Crippen LogP contribution is -2.25. The first-order valence-electron chi connectivity index (χ1n) is 5.36. The minimum Gasteiger partial charge on any atom is -0.486 e. The molecule has 17 heavy (non-hydrogen) atoms. The molecule has 6 heteroatoms. The van der Waals surface area contributed by atoms with Crippen molar-refractivity contribution in [2.75, 3.05) is 0 Å². The van der Waals surface area contributed by atoms with Gasteiger partial charge in [0.25, 0.3) is 5.69 Å². The molecule has 2 rings (SSSR count). The second-order valence-corrected chi connectivity index (χ2v) is 4.88. The predicted molar refractivity (Wildman–Crippen MR) is 65.1 cm³/mol. The van der Waals surface area contributed by atoms with Crippen molar-refractivity contribution in [1.29, 1.82) is 0 Å². The Morgan fingerprint density at radius 2 is 2.24 bits per heavy atom. The first kappa shape index (κ1) is 12.3. The second-order valence-electron chi connectivity index (χ2n) is 4.03. The predicted octanol–water partition coefficient (Wildman–Crippen LogP) is 2.65. The standard InChI is InChI=1S/C11H12BrNO4/c12-8-5-4-7(13(15)16)6-11(8)17-10-3-1-2-9(10)14/h4-6,9-10,14H,1-3H2. The molecule has 0 heterocycles. The van der Waals surface area contributed by atoms with E-state index in [0.717, 1.165) is 19.3 Å². The van der Waals surface area contributed by atoms with Gasteiger partial charge in [-0.05, 0) is 41.3 Å². The van der Waals surface area contributed by atoms with Crippen LogP contribution in [-0.4, -0.2) is 22.2 Å². The molecule has 0 bridgehead atoms. The molecular formula is C11H12BrNO4. The van der Waals surface area contributed by atoms with Gasteiger partial charge in [-0.15, -0.1) is 0 Å². The summed E-state index contributed by atoms with van der Waals surface area (Å²) in [6, 6.07) is 4.35. The Bertz CT molecular complexity index is 437. The van der Waals surface area contributed by atoms with Gasteiger partial charge >= 0.3 is 0 Å². The quantitative estimate of drug-likeness (QED) is 0.688. The number of hydrogen-bond donors (Lipinski definition) is 1. The van der Waals surface area contributed by atoms with E-state index in [4.69, 9.17) is 4.74 Å². The highest BCUT2D eigenvalue weighted by molar-refractivity contribution is 9.10. The maximum atomic E-state index is 10.7. The van der Waals surface area contributed by atoms with Gasteiger partial charge in [-0.2, -0.15) is 0 Å². The summed E-state index contributed by atoms with van der Waals surface area (Å²) >= 11 is 3.28. The Morgan fingerprint density at radius 3 is 2.82 bits per heavy atom. The third-order valence-corrected chi connectivity index (χ3v) is 3.48. The molecule has 2 unspecified atom stereocenters. The number of aliphatic hydroxyl groups excluding tert-OH is 1. The Labute approximate surface area is 107 Å². The summed E-state index contributed by atoms with van der Waals surface area (Å²) in [6.07, 6.45) is 1.65. The number of rotatable bonds is 3. The van der Waals surface area contributed by atoms with Gasteiger partial charge in [0, 0.05) is 6.07 Å². The van der Waals surface area contributed by atoms with Crippen LogP contribution in [0.1, 0.15) is 19.3 Å². The Hall–Kier alpha value is -1.14. The first-order valence-corrected chi connectivity index (χ1v) is 6.16. The summed E-state index contributed by atoms with van der Waals surface area (Å²) in [5.41, 5.74) is -0.0179. The van der Waals surface area contributed by atoms with Crippen LogP contribution in [0, 0.1) is 10.1 Å². The largest absolute Gasteiger partial charge is 0.486 e. The summed E-state index contributed by atoms with van der Waals surface area (Å²) < 4.78 is 6.26. The molecule has 1 fully saturated rings. The summed E-state index contributed by atoms with van der Waals surface area (Å²) in [5, 5.41) is 20.3. The molecule has 5 nitrogen and oxygen atoms in total. The number of ether oxygens (including phenoxy) is 1. The molecule has 1 aliphatic carbocycles. The minimum absolute atomic E-state index is 0.0179. The van der Waals surface area contributed by atoms with Crippen LogP contribution in [0.5, 0.6) is 5.75 Å². The van der Waals surface area contributed by atoms with Crippen molar-refractivity contribution < 1.29 is 14.8 Å². The van der Waals surface area contributed by atoms with Crippen LogP contribution in [0.15, 0.2) is 22.7 Å². The average molecular weight is 302 g/mol. The first-order chi connectivity index (χ1) is 8.08. The van der Waals surface area contributed by atoms with E-state index in [-0.39, 0.29) is 11.8 Å². The number of hydrogen-bond acceptors (Lipinski definition) is 4. The molecule has 2 atom stereocenters. The van der Waals surface area contributed by atoms with Crippen LogP contribution in [0.3, 0.4) is 0 Å². The molecule has 0 spiro atoms. The lowest BCUT2D eigenvalue weighted by atomic mass is 10.2. The zero-order valence-electron chi connectivity index (χ0n) is 9.01. The van der Waals surface area contributed by atoms with Gasteiger partial charge in [0.1, 0.15) is 11.9 Å². The molecule has 1 saturated carbocycles. The second kappa shape index (κ2) is 5.01. The van der Waals surface area contributed by atoms with Gasteiger partial charge in [-0.1, -0.05) is 0 Å². The van der Waals surface area contributed by atoms with E-state index in [2.05, 4.69) is 15.9 Å². The Morgan fingerprint density at radius 1 is 1.47 bits per heavy atom. The summed E-state index contributed by atoms with van der Waals surface area (Å²) in [6.45, 7) is 0. The van der Waals surface area contributed by atoms with Gasteiger partial charge < -0.3 is 9.84 Å². The van der Waals surface area contributed by atoms with Crippen LogP contribution in [0.4, 0.5) is 5.69 Å². The highest BCUT2D eigenvalue weighted by atomic mass is 79.9. The third kappa shape index (κ3) is 2.76. The SMILES string of the molecule is O=[N+]([O-])c1ccc(Br)c(OC2CCCC2O)c1.